The van der Waals surface area contributed by atoms with Gasteiger partial charge in [0.05, 0.1) is 16.6 Å². The molecule has 0 amide bonds. The number of rotatable bonds is 3. The molecule has 7 nitrogen and oxygen atoms in total. The van der Waals surface area contributed by atoms with Crippen molar-refractivity contribution < 1.29 is 0 Å². The molecular weight excluding hydrogens is 364 g/mol. The van der Waals surface area contributed by atoms with Crippen molar-refractivity contribution in [1.82, 2.24) is 25.3 Å². The van der Waals surface area contributed by atoms with Crippen molar-refractivity contribution in [2.45, 2.75) is 11.8 Å². The van der Waals surface area contributed by atoms with Crippen LogP contribution >= 0.6 is 0 Å². The van der Waals surface area contributed by atoms with Crippen molar-refractivity contribution in [1.29, 1.82) is 0 Å². The number of hydrogen-bond donors (Lipinski definition) is 3. The minimum atomic E-state index is -0.146. The minimum Gasteiger partial charge on any atom is -0.368 e. The highest BCUT2D eigenvalue weighted by molar-refractivity contribution is 5.83. The van der Waals surface area contributed by atoms with Crippen LogP contribution < -0.4 is 16.6 Å². The molecule has 0 spiro atoms. The Hall–Kier alpha value is -3.58. The molecule has 4 N–H and O–H groups in total. The van der Waals surface area contributed by atoms with E-state index in [1.165, 1.54) is 5.56 Å². The van der Waals surface area contributed by atoms with Crippen molar-refractivity contribution in [3.05, 3.63) is 82.5 Å². The number of anilines is 1. The van der Waals surface area contributed by atoms with Gasteiger partial charge in [-0.2, -0.15) is 0 Å². The summed E-state index contributed by atoms with van der Waals surface area (Å²) in [6.45, 7) is 1.65. The van der Waals surface area contributed by atoms with Gasteiger partial charge >= 0.3 is 0 Å². The zero-order chi connectivity index (χ0) is 19.8. The molecule has 5 rings (SSSR count). The lowest BCUT2D eigenvalue weighted by molar-refractivity contribution is 0.627. The first-order chi connectivity index (χ1) is 14.2. The van der Waals surface area contributed by atoms with Gasteiger partial charge in [0, 0.05) is 36.7 Å². The van der Waals surface area contributed by atoms with Crippen LogP contribution in [0.5, 0.6) is 0 Å². The number of nitrogen functional groups attached to an aromatic ring is 1. The van der Waals surface area contributed by atoms with Crippen molar-refractivity contribution >= 4 is 16.9 Å². The molecule has 4 aromatic rings. The third kappa shape index (κ3) is 3.25. The van der Waals surface area contributed by atoms with E-state index in [4.69, 9.17) is 10.7 Å². The van der Waals surface area contributed by atoms with Crippen LogP contribution in [0.4, 0.5) is 5.95 Å². The Bertz CT molecular complexity index is 1240. The quantitative estimate of drug-likeness (QED) is 0.500. The van der Waals surface area contributed by atoms with Crippen LogP contribution in [0.1, 0.15) is 23.2 Å². The summed E-state index contributed by atoms with van der Waals surface area (Å²) in [6.07, 6.45) is 1.60. The van der Waals surface area contributed by atoms with Gasteiger partial charge in [0.25, 0.3) is 5.56 Å². The zero-order valence-electron chi connectivity index (χ0n) is 15.7. The fraction of sp³-hybridized carbons (Fsp3) is 0.182. The smallest absolute Gasteiger partial charge is 0.258 e. The van der Waals surface area contributed by atoms with Gasteiger partial charge in [-0.05, 0) is 23.8 Å². The van der Waals surface area contributed by atoms with E-state index in [0.29, 0.717) is 16.6 Å². The maximum absolute atomic E-state index is 12.9. The second-order valence-corrected chi connectivity index (χ2v) is 7.27. The summed E-state index contributed by atoms with van der Waals surface area (Å²) >= 11 is 0. The lowest BCUT2D eigenvalue weighted by atomic mass is 9.88. The summed E-state index contributed by atoms with van der Waals surface area (Å²) in [6, 6.07) is 17.7. The third-order valence-corrected chi connectivity index (χ3v) is 5.49. The lowest BCUT2D eigenvalue weighted by Gasteiger charge is -2.18. The first-order valence-corrected chi connectivity index (χ1v) is 9.57. The second-order valence-electron chi connectivity index (χ2n) is 7.27. The van der Waals surface area contributed by atoms with Crippen LogP contribution in [-0.4, -0.2) is 33.0 Å². The van der Waals surface area contributed by atoms with E-state index in [9.17, 15) is 4.79 Å². The molecule has 2 atom stereocenters. The van der Waals surface area contributed by atoms with E-state index in [-0.39, 0.29) is 23.3 Å². The number of benzene rings is 2. The van der Waals surface area contributed by atoms with Gasteiger partial charge in [-0.1, -0.05) is 36.4 Å². The van der Waals surface area contributed by atoms with Crippen LogP contribution in [0.3, 0.4) is 0 Å². The number of nitrogens with zero attached hydrogens (tertiary/aromatic N) is 3. The molecule has 1 fully saturated rings. The molecule has 2 unspecified atom stereocenters. The first-order valence-electron chi connectivity index (χ1n) is 9.57. The molecule has 29 heavy (non-hydrogen) atoms. The highest BCUT2D eigenvalue weighted by Crippen LogP contribution is 2.34. The van der Waals surface area contributed by atoms with Gasteiger partial charge in [0.15, 0.2) is 0 Å². The van der Waals surface area contributed by atoms with Crippen LogP contribution in [0.2, 0.25) is 0 Å². The molecule has 1 aliphatic heterocycles. The fourth-order valence-corrected chi connectivity index (χ4v) is 4.04. The van der Waals surface area contributed by atoms with Crippen molar-refractivity contribution in [2.75, 3.05) is 18.8 Å². The normalized spacial score (nSPS) is 18.9. The summed E-state index contributed by atoms with van der Waals surface area (Å²) < 4.78 is 0. The Morgan fingerprint density at radius 2 is 1.79 bits per heavy atom. The summed E-state index contributed by atoms with van der Waals surface area (Å²) in [5.74, 6) is 1.32. The standard InChI is InChI=1S/C22H20N6O/c23-22-25-9-8-18(27-22)14-6-7-19-15(10-14)21(29)28-20(26-19)17-12-24-11-16(17)13-4-2-1-3-5-13/h1-10,16-17,24H,11-12H2,(H2,23,25,27)(H,26,28,29). The van der Waals surface area contributed by atoms with Gasteiger partial charge in [-0.3, -0.25) is 4.79 Å². The predicted molar refractivity (Wildman–Crippen MR) is 113 cm³/mol. The van der Waals surface area contributed by atoms with E-state index >= 15 is 0 Å². The number of nitrogens with one attached hydrogen (secondary N) is 2. The van der Waals surface area contributed by atoms with Gasteiger partial charge < -0.3 is 16.0 Å². The molecule has 144 valence electrons. The Morgan fingerprint density at radius 3 is 2.62 bits per heavy atom. The molecule has 1 aliphatic rings. The summed E-state index contributed by atoms with van der Waals surface area (Å²) in [4.78, 5) is 28.8. The maximum atomic E-state index is 12.9. The Balaban J connectivity index is 1.55. The van der Waals surface area contributed by atoms with Crippen molar-refractivity contribution in [2.24, 2.45) is 0 Å². The molecule has 0 bridgehead atoms. The van der Waals surface area contributed by atoms with E-state index in [1.807, 2.05) is 30.3 Å². The largest absolute Gasteiger partial charge is 0.368 e. The zero-order valence-corrected chi connectivity index (χ0v) is 15.7. The Kier molecular flexibility index (Phi) is 4.29. The van der Waals surface area contributed by atoms with Gasteiger partial charge in [-0.15, -0.1) is 0 Å². The van der Waals surface area contributed by atoms with Crippen LogP contribution in [0.25, 0.3) is 22.2 Å². The van der Waals surface area contributed by atoms with Gasteiger partial charge in [0.1, 0.15) is 5.82 Å². The molecule has 3 heterocycles. The van der Waals surface area contributed by atoms with E-state index < -0.39 is 0 Å². The molecule has 0 aliphatic carbocycles. The lowest BCUT2D eigenvalue weighted by Crippen LogP contribution is -2.19. The molecule has 2 aromatic heterocycles. The number of hydrogen-bond acceptors (Lipinski definition) is 6. The summed E-state index contributed by atoms with van der Waals surface area (Å²) in [5, 5.41) is 3.97. The second kappa shape index (κ2) is 7.10. The monoisotopic (exact) mass is 384 g/mol. The fourth-order valence-electron chi connectivity index (χ4n) is 4.04. The van der Waals surface area contributed by atoms with Gasteiger partial charge in [-0.25, -0.2) is 15.0 Å². The molecule has 0 radical (unpaired) electrons. The minimum absolute atomic E-state index is 0.121. The molecule has 1 saturated heterocycles. The Labute approximate surface area is 167 Å². The molecule has 7 heteroatoms. The number of aromatic amines is 1. The topological polar surface area (TPSA) is 110 Å². The SMILES string of the molecule is Nc1nccc(-c2ccc3nc(C4CNCC4c4ccccc4)[nH]c(=O)c3c2)n1. The summed E-state index contributed by atoms with van der Waals surface area (Å²) in [7, 11) is 0. The van der Waals surface area contributed by atoms with Crippen LogP contribution in [0, 0.1) is 0 Å². The molecular formula is C22H20N6O. The highest BCUT2D eigenvalue weighted by atomic mass is 16.1. The number of aromatic nitrogens is 4. The maximum Gasteiger partial charge on any atom is 0.258 e. The van der Waals surface area contributed by atoms with E-state index in [0.717, 1.165) is 24.5 Å². The van der Waals surface area contributed by atoms with Crippen molar-refractivity contribution in [3.63, 3.8) is 0 Å². The average Bonchev–Trinajstić information content (AvgIpc) is 3.24. The van der Waals surface area contributed by atoms with Crippen LogP contribution in [-0.2, 0) is 0 Å². The third-order valence-electron chi connectivity index (χ3n) is 5.49. The first kappa shape index (κ1) is 17.5. The van der Waals surface area contributed by atoms with E-state index in [2.05, 4.69) is 32.4 Å². The summed E-state index contributed by atoms with van der Waals surface area (Å²) in [5.41, 5.74) is 8.94. The van der Waals surface area contributed by atoms with Gasteiger partial charge in [0.2, 0.25) is 5.95 Å². The average molecular weight is 384 g/mol. The number of H-pyrrole nitrogens is 1. The molecule has 2 aromatic carbocycles. The number of fused-ring (bicyclic) bond motifs is 1. The number of nitrogens with two attached hydrogens (primary N) is 1. The van der Waals surface area contributed by atoms with Crippen LogP contribution in [0.15, 0.2) is 65.6 Å². The highest BCUT2D eigenvalue weighted by Gasteiger charge is 2.31. The predicted octanol–water partition coefficient (Wildman–Crippen LogP) is 2.43. The Morgan fingerprint density at radius 1 is 0.966 bits per heavy atom. The molecule has 0 saturated carbocycles. The van der Waals surface area contributed by atoms with E-state index in [1.54, 1.807) is 18.3 Å². The van der Waals surface area contributed by atoms with Crippen molar-refractivity contribution in [3.8, 4) is 11.3 Å².